The number of nitrogens with zero attached hydrogens (tertiary/aromatic N) is 1. The minimum Gasteiger partial charge on any atom is -0.317 e. The molecule has 0 saturated heterocycles. The molecule has 0 spiro atoms. The molecule has 1 fully saturated rings. The van der Waals surface area contributed by atoms with Gasteiger partial charge >= 0.3 is 0 Å². The highest BCUT2D eigenvalue weighted by Gasteiger charge is 2.24. The molecule has 0 atom stereocenters. The first kappa shape index (κ1) is 12.6. The van der Waals surface area contributed by atoms with Crippen LogP contribution in [0.25, 0.3) is 0 Å². The first-order chi connectivity index (χ1) is 9.28. The van der Waals surface area contributed by atoms with Crippen molar-refractivity contribution in [1.82, 2.24) is 5.32 Å². The Hall–Kier alpha value is -1.38. The van der Waals surface area contributed by atoms with Gasteiger partial charge in [-0.15, -0.1) is 11.3 Å². The van der Waals surface area contributed by atoms with E-state index in [0.717, 1.165) is 30.1 Å². The SMILES string of the molecule is N#Cc1c(NC(=O)CC2CCC2)sc2c1CCNC2. The molecule has 19 heavy (non-hydrogen) atoms. The minimum atomic E-state index is 0.0627. The van der Waals surface area contributed by atoms with E-state index in [-0.39, 0.29) is 5.91 Å². The highest BCUT2D eigenvalue weighted by molar-refractivity contribution is 7.16. The lowest BCUT2D eigenvalue weighted by Gasteiger charge is -2.24. The highest BCUT2D eigenvalue weighted by atomic mass is 32.1. The second-order valence-corrected chi connectivity index (χ2v) is 6.40. The Morgan fingerprint density at radius 2 is 2.37 bits per heavy atom. The van der Waals surface area contributed by atoms with E-state index in [9.17, 15) is 10.1 Å². The van der Waals surface area contributed by atoms with E-state index >= 15 is 0 Å². The van der Waals surface area contributed by atoms with Crippen molar-refractivity contribution in [2.24, 2.45) is 5.92 Å². The van der Waals surface area contributed by atoms with Gasteiger partial charge in [0.25, 0.3) is 0 Å². The summed E-state index contributed by atoms with van der Waals surface area (Å²) in [5.74, 6) is 0.620. The van der Waals surface area contributed by atoms with Gasteiger partial charge in [-0.3, -0.25) is 4.79 Å². The Balaban J connectivity index is 1.74. The summed E-state index contributed by atoms with van der Waals surface area (Å²) in [5, 5.41) is 16.3. The number of nitriles is 1. The maximum atomic E-state index is 12.0. The van der Waals surface area contributed by atoms with Crippen LogP contribution >= 0.6 is 11.3 Å². The summed E-state index contributed by atoms with van der Waals surface area (Å²) in [7, 11) is 0. The third-order valence-electron chi connectivity index (χ3n) is 3.99. The number of hydrogen-bond acceptors (Lipinski definition) is 4. The van der Waals surface area contributed by atoms with Crippen LogP contribution < -0.4 is 10.6 Å². The zero-order valence-corrected chi connectivity index (χ0v) is 11.6. The van der Waals surface area contributed by atoms with Gasteiger partial charge in [0.1, 0.15) is 11.1 Å². The van der Waals surface area contributed by atoms with Crippen LogP contribution in [0.4, 0.5) is 5.00 Å². The molecule has 1 aromatic rings. The first-order valence-corrected chi connectivity index (χ1v) is 7.64. The van der Waals surface area contributed by atoms with Gasteiger partial charge in [-0.1, -0.05) is 6.42 Å². The molecule has 4 nitrogen and oxygen atoms in total. The van der Waals surface area contributed by atoms with Gasteiger partial charge in [0.15, 0.2) is 0 Å². The predicted molar refractivity (Wildman–Crippen MR) is 75.0 cm³/mol. The molecular formula is C14H17N3OS. The van der Waals surface area contributed by atoms with Crippen LogP contribution in [-0.4, -0.2) is 12.5 Å². The van der Waals surface area contributed by atoms with Gasteiger partial charge in [-0.2, -0.15) is 5.26 Å². The first-order valence-electron chi connectivity index (χ1n) is 6.83. The normalized spacial score (nSPS) is 18.3. The van der Waals surface area contributed by atoms with Crippen molar-refractivity contribution in [2.45, 2.75) is 38.6 Å². The quantitative estimate of drug-likeness (QED) is 0.890. The Kier molecular flexibility index (Phi) is 3.54. The summed E-state index contributed by atoms with van der Waals surface area (Å²) < 4.78 is 0. The zero-order chi connectivity index (χ0) is 13.2. The fourth-order valence-corrected chi connectivity index (χ4v) is 3.86. The van der Waals surface area contributed by atoms with E-state index in [0.29, 0.717) is 17.9 Å². The second kappa shape index (κ2) is 5.32. The number of nitrogens with one attached hydrogen (secondary N) is 2. The second-order valence-electron chi connectivity index (χ2n) is 5.30. The summed E-state index contributed by atoms with van der Waals surface area (Å²) >= 11 is 1.55. The van der Waals surface area contributed by atoms with Crippen molar-refractivity contribution >= 4 is 22.2 Å². The standard InChI is InChI=1S/C14H17N3OS/c15-7-11-10-4-5-16-8-12(10)19-14(11)17-13(18)6-9-2-1-3-9/h9,16H,1-6,8H2,(H,17,18). The van der Waals surface area contributed by atoms with E-state index in [2.05, 4.69) is 16.7 Å². The summed E-state index contributed by atoms with van der Waals surface area (Å²) in [6.45, 7) is 1.72. The van der Waals surface area contributed by atoms with Crippen LogP contribution in [0.15, 0.2) is 0 Å². The largest absolute Gasteiger partial charge is 0.317 e. The molecule has 2 N–H and O–H groups in total. The summed E-state index contributed by atoms with van der Waals surface area (Å²) in [6.07, 6.45) is 5.08. The van der Waals surface area contributed by atoms with Crippen LogP contribution in [0.1, 0.15) is 41.7 Å². The molecule has 1 aromatic heterocycles. The van der Waals surface area contributed by atoms with E-state index in [1.165, 1.54) is 24.1 Å². The lowest BCUT2D eigenvalue weighted by Crippen LogP contribution is -2.22. The van der Waals surface area contributed by atoms with Crippen molar-refractivity contribution in [1.29, 1.82) is 5.26 Å². The maximum Gasteiger partial charge on any atom is 0.225 e. The minimum absolute atomic E-state index is 0.0627. The topological polar surface area (TPSA) is 64.9 Å². The number of amides is 1. The third kappa shape index (κ3) is 2.51. The van der Waals surface area contributed by atoms with Crippen molar-refractivity contribution in [3.8, 4) is 6.07 Å². The zero-order valence-electron chi connectivity index (χ0n) is 10.8. The van der Waals surface area contributed by atoms with Crippen molar-refractivity contribution < 1.29 is 4.79 Å². The molecule has 0 bridgehead atoms. The van der Waals surface area contributed by atoms with Crippen molar-refractivity contribution in [3.63, 3.8) is 0 Å². The number of fused-ring (bicyclic) bond motifs is 1. The molecule has 0 unspecified atom stereocenters. The van der Waals surface area contributed by atoms with Gasteiger partial charge in [0.2, 0.25) is 5.91 Å². The fourth-order valence-electron chi connectivity index (χ4n) is 2.68. The molecule has 0 radical (unpaired) electrons. The number of carbonyl (C=O) groups is 1. The van der Waals surface area contributed by atoms with E-state index in [1.54, 1.807) is 11.3 Å². The van der Waals surface area contributed by atoms with Crippen LogP contribution in [-0.2, 0) is 17.8 Å². The lowest BCUT2D eigenvalue weighted by atomic mass is 9.83. The Bertz CT molecular complexity index is 540. The Labute approximate surface area is 116 Å². The van der Waals surface area contributed by atoms with Gasteiger partial charge in [-0.25, -0.2) is 0 Å². The average molecular weight is 275 g/mol. The van der Waals surface area contributed by atoms with Crippen LogP contribution in [0, 0.1) is 17.2 Å². The number of anilines is 1. The molecule has 2 aliphatic rings. The number of rotatable bonds is 3. The summed E-state index contributed by atoms with van der Waals surface area (Å²) in [6, 6.07) is 2.26. The number of carbonyl (C=O) groups excluding carboxylic acids is 1. The van der Waals surface area contributed by atoms with Gasteiger partial charge < -0.3 is 10.6 Å². The molecule has 0 aromatic carbocycles. The number of thiophene rings is 1. The van der Waals surface area contributed by atoms with E-state index in [1.807, 2.05) is 0 Å². The molecule has 1 aliphatic heterocycles. The Morgan fingerprint density at radius 1 is 1.53 bits per heavy atom. The highest BCUT2D eigenvalue weighted by Crippen LogP contribution is 2.35. The molecule has 1 aliphatic carbocycles. The smallest absolute Gasteiger partial charge is 0.225 e. The molecule has 2 heterocycles. The van der Waals surface area contributed by atoms with E-state index in [4.69, 9.17) is 0 Å². The monoisotopic (exact) mass is 275 g/mol. The third-order valence-corrected chi connectivity index (χ3v) is 5.14. The predicted octanol–water partition coefficient (Wildman–Crippen LogP) is 2.39. The van der Waals surface area contributed by atoms with Crippen molar-refractivity contribution in [2.75, 3.05) is 11.9 Å². The van der Waals surface area contributed by atoms with E-state index < -0.39 is 0 Å². The molecule has 100 valence electrons. The lowest BCUT2D eigenvalue weighted by molar-refractivity contribution is -0.117. The average Bonchev–Trinajstić information content (AvgIpc) is 2.71. The fraction of sp³-hybridized carbons (Fsp3) is 0.571. The van der Waals surface area contributed by atoms with Crippen LogP contribution in [0.3, 0.4) is 0 Å². The Morgan fingerprint density at radius 3 is 3.05 bits per heavy atom. The van der Waals surface area contributed by atoms with Crippen LogP contribution in [0.2, 0.25) is 0 Å². The molecule has 1 amide bonds. The van der Waals surface area contributed by atoms with Gasteiger partial charge in [-0.05, 0) is 37.3 Å². The maximum absolute atomic E-state index is 12.0. The summed E-state index contributed by atoms with van der Waals surface area (Å²) in [4.78, 5) is 13.2. The number of hydrogen-bond donors (Lipinski definition) is 2. The van der Waals surface area contributed by atoms with Crippen molar-refractivity contribution in [3.05, 3.63) is 16.0 Å². The van der Waals surface area contributed by atoms with Crippen LogP contribution in [0.5, 0.6) is 0 Å². The molecule has 1 saturated carbocycles. The van der Waals surface area contributed by atoms with Gasteiger partial charge in [0.05, 0.1) is 5.56 Å². The molecule has 5 heteroatoms. The molecular weight excluding hydrogens is 258 g/mol. The summed E-state index contributed by atoms with van der Waals surface area (Å²) in [5.41, 5.74) is 1.81. The van der Waals surface area contributed by atoms with Gasteiger partial charge in [0, 0.05) is 17.8 Å². The molecule has 3 rings (SSSR count).